The number of halogens is 1. The van der Waals surface area contributed by atoms with Crippen LogP contribution in [0.3, 0.4) is 0 Å². The lowest BCUT2D eigenvalue weighted by Crippen LogP contribution is -2.15. The van der Waals surface area contributed by atoms with Gasteiger partial charge in [-0.05, 0) is 34.1 Å². The number of aromatic hydroxyl groups is 1. The summed E-state index contributed by atoms with van der Waals surface area (Å²) in [6, 6.07) is 10.5. The number of fused-ring (bicyclic) bond motifs is 2. The standard InChI is InChI=1S/C22H18BrN5O3/c1-10(21(24)30)18-11-5-3-4-6-15(11)27-20(13-9-26-22(28-25)19(13)18)12-7-17(31-2)16(29)8-14(12)23/h3-9,29H,1,25H2,2H3,(H2,24,30)(H,26,28). The molecule has 0 radical (unpaired) electrons. The van der Waals surface area contributed by atoms with Crippen molar-refractivity contribution in [2.45, 2.75) is 0 Å². The lowest BCUT2D eigenvalue weighted by Gasteiger charge is -2.11. The fourth-order valence-electron chi connectivity index (χ4n) is 3.58. The normalized spacial score (nSPS) is 11.7. The largest absolute Gasteiger partial charge is 0.504 e. The van der Waals surface area contributed by atoms with Crippen molar-refractivity contribution in [3.05, 3.63) is 64.7 Å². The molecule has 0 saturated heterocycles. The number of carbonyl (C=O) groups excluding carboxylic acids is 1. The number of H-pyrrole nitrogens is 1. The molecule has 0 aromatic heterocycles. The maximum Gasteiger partial charge on any atom is 0.248 e. The number of para-hydroxylation sites is 1. The second-order valence-electron chi connectivity index (χ2n) is 6.75. The first-order valence-electron chi connectivity index (χ1n) is 9.11. The maximum atomic E-state index is 12.1. The zero-order valence-corrected chi connectivity index (χ0v) is 18.0. The molecule has 0 bridgehead atoms. The Hall–Kier alpha value is -3.85. The molecule has 0 unspecified atom stereocenters. The highest BCUT2D eigenvalue weighted by molar-refractivity contribution is 9.10. The number of nitrogens with two attached hydrogens (primary N) is 2. The van der Waals surface area contributed by atoms with Crippen molar-refractivity contribution in [1.82, 2.24) is 9.97 Å². The molecule has 0 atom stereocenters. The Kier molecular flexibility index (Phi) is 5.12. The smallest absolute Gasteiger partial charge is 0.248 e. The van der Waals surface area contributed by atoms with Gasteiger partial charge in [-0.3, -0.25) is 4.79 Å². The van der Waals surface area contributed by atoms with E-state index in [4.69, 9.17) is 21.3 Å². The van der Waals surface area contributed by atoms with Gasteiger partial charge in [0, 0.05) is 43.9 Å². The van der Waals surface area contributed by atoms with Crippen LogP contribution in [0.2, 0.25) is 0 Å². The average Bonchev–Trinajstić information content (AvgIpc) is 3.11. The molecule has 156 valence electrons. The van der Waals surface area contributed by atoms with E-state index in [9.17, 15) is 9.90 Å². The summed E-state index contributed by atoms with van der Waals surface area (Å²) in [7, 11) is 1.47. The summed E-state index contributed by atoms with van der Waals surface area (Å²) in [4.78, 5) is 20.0. The first-order valence-corrected chi connectivity index (χ1v) is 9.90. The van der Waals surface area contributed by atoms with Crippen LogP contribution in [0.4, 0.5) is 0 Å². The molecule has 2 heterocycles. The summed E-state index contributed by atoms with van der Waals surface area (Å²) in [6.07, 6.45) is 1.70. The van der Waals surface area contributed by atoms with E-state index in [2.05, 4.69) is 32.6 Å². The fraction of sp³-hybridized carbons (Fsp3) is 0.0455. The van der Waals surface area contributed by atoms with Crippen LogP contribution in [0.25, 0.3) is 38.9 Å². The van der Waals surface area contributed by atoms with Gasteiger partial charge >= 0.3 is 0 Å². The van der Waals surface area contributed by atoms with Crippen LogP contribution in [0, 0.1) is 0 Å². The molecule has 0 fully saturated rings. The number of nitrogens with zero attached hydrogens (tertiary/aromatic N) is 2. The van der Waals surface area contributed by atoms with Crippen molar-refractivity contribution in [2.24, 2.45) is 16.7 Å². The molecule has 2 aromatic carbocycles. The van der Waals surface area contributed by atoms with Crippen molar-refractivity contribution >= 4 is 38.3 Å². The number of hydrogen-bond donors (Lipinski definition) is 4. The monoisotopic (exact) mass is 479 g/mol. The highest BCUT2D eigenvalue weighted by Crippen LogP contribution is 2.43. The third-order valence-electron chi connectivity index (χ3n) is 5.02. The Balaban J connectivity index is 2.23. The molecule has 2 aromatic rings. The number of primary amides is 1. The second-order valence-corrected chi connectivity index (χ2v) is 7.61. The SMILES string of the molecule is C=C(C(N)=O)c1c2/c(=N\N)[nH]cc-2c(-c2cc(OC)c(O)cc2Br)nc2ccccc12. The predicted molar refractivity (Wildman–Crippen MR) is 122 cm³/mol. The minimum absolute atomic E-state index is 0.0194. The summed E-state index contributed by atoms with van der Waals surface area (Å²) in [5.74, 6) is 5.23. The molecule has 8 nitrogen and oxygen atoms in total. The zero-order chi connectivity index (χ0) is 22.3. The van der Waals surface area contributed by atoms with Crippen LogP contribution in [-0.4, -0.2) is 28.1 Å². The number of rotatable bonds is 4. The molecular weight excluding hydrogens is 462 g/mol. The first-order chi connectivity index (χ1) is 14.9. The summed E-state index contributed by atoms with van der Waals surface area (Å²) in [5, 5.41) is 14.6. The lowest BCUT2D eigenvalue weighted by molar-refractivity contribution is -0.112. The van der Waals surface area contributed by atoms with E-state index in [-0.39, 0.29) is 17.1 Å². The van der Waals surface area contributed by atoms with Crippen molar-refractivity contribution in [3.63, 3.8) is 0 Å². The quantitative estimate of drug-likeness (QED) is 0.202. The predicted octanol–water partition coefficient (Wildman–Crippen LogP) is 3.08. The lowest BCUT2D eigenvalue weighted by atomic mass is 9.94. The van der Waals surface area contributed by atoms with Crippen LogP contribution in [0.1, 0.15) is 5.56 Å². The van der Waals surface area contributed by atoms with Gasteiger partial charge in [0.15, 0.2) is 17.0 Å². The second kappa shape index (κ2) is 7.77. The molecule has 0 spiro atoms. The molecule has 0 saturated carbocycles. The minimum Gasteiger partial charge on any atom is -0.504 e. The number of methoxy groups -OCH3 is 1. The van der Waals surface area contributed by atoms with E-state index in [0.717, 1.165) is 0 Å². The number of aromatic amines is 1. The Morgan fingerprint density at radius 2 is 2.03 bits per heavy atom. The summed E-state index contributed by atoms with van der Waals surface area (Å²) < 4.78 is 5.88. The third-order valence-corrected chi connectivity index (χ3v) is 5.68. The van der Waals surface area contributed by atoms with E-state index in [1.807, 2.05) is 24.3 Å². The van der Waals surface area contributed by atoms with E-state index < -0.39 is 5.91 Å². The highest BCUT2D eigenvalue weighted by Gasteiger charge is 2.25. The Labute approximate surface area is 185 Å². The molecule has 6 N–H and O–H groups in total. The first kappa shape index (κ1) is 20.4. The third kappa shape index (κ3) is 3.28. The van der Waals surface area contributed by atoms with Gasteiger partial charge in [0.1, 0.15) is 0 Å². The Morgan fingerprint density at radius 1 is 1.29 bits per heavy atom. The molecule has 4 rings (SSSR count). The number of phenols is 1. The molecule has 9 heteroatoms. The number of nitrogens with one attached hydrogen (secondary N) is 1. The van der Waals surface area contributed by atoms with Gasteiger partial charge in [-0.15, -0.1) is 0 Å². The van der Waals surface area contributed by atoms with Crippen LogP contribution < -0.4 is 21.8 Å². The topological polar surface area (TPSA) is 140 Å². The van der Waals surface area contributed by atoms with Gasteiger partial charge in [-0.1, -0.05) is 24.8 Å². The number of phenolic OH excluding ortho intramolecular Hbond substituents is 1. The van der Waals surface area contributed by atoms with E-state index >= 15 is 0 Å². The van der Waals surface area contributed by atoms with Gasteiger partial charge in [0.05, 0.1) is 18.3 Å². The van der Waals surface area contributed by atoms with E-state index in [1.54, 1.807) is 12.3 Å². The summed E-state index contributed by atoms with van der Waals surface area (Å²) >= 11 is 3.50. The number of hydrogen-bond acceptors (Lipinski definition) is 6. The molecule has 31 heavy (non-hydrogen) atoms. The summed E-state index contributed by atoms with van der Waals surface area (Å²) in [6.45, 7) is 3.91. The van der Waals surface area contributed by atoms with Crippen molar-refractivity contribution in [2.75, 3.05) is 7.11 Å². The summed E-state index contributed by atoms with van der Waals surface area (Å²) in [5.41, 5.74) is 9.53. The average molecular weight is 480 g/mol. The van der Waals surface area contributed by atoms with Gasteiger partial charge in [-0.25, -0.2) is 4.98 Å². The zero-order valence-electron chi connectivity index (χ0n) is 16.4. The molecule has 0 aliphatic carbocycles. The number of benzene rings is 2. The number of amides is 1. The van der Waals surface area contributed by atoms with Crippen LogP contribution in [-0.2, 0) is 4.79 Å². The van der Waals surface area contributed by atoms with Crippen molar-refractivity contribution in [3.8, 4) is 33.9 Å². The van der Waals surface area contributed by atoms with Crippen LogP contribution >= 0.6 is 15.9 Å². The fourth-order valence-corrected chi connectivity index (χ4v) is 4.10. The van der Waals surface area contributed by atoms with Gasteiger partial charge in [0.2, 0.25) is 5.91 Å². The highest BCUT2D eigenvalue weighted by atomic mass is 79.9. The molecule has 2 aliphatic heterocycles. The minimum atomic E-state index is -0.671. The van der Waals surface area contributed by atoms with Gasteiger partial charge < -0.3 is 26.4 Å². The molecule has 1 amide bonds. The van der Waals surface area contributed by atoms with Gasteiger partial charge in [0.25, 0.3) is 0 Å². The number of carbonyl (C=O) groups is 1. The molecular formula is C22H18BrN5O3. The van der Waals surface area contributed by atoms with Crippen molar-refractivity contribution < 1.29 is 14.6 Å². The van der Waals surface area contributed by atoms with Crippen molar-refractivity contribution in [1.29, 1.82) is 0 Å². The van der Waals surface area contributed by atoms with Crippen LogP contribution in [0.15, 0.2) is 58.7 Å². The number of ether oxygens (including phenoxy) is 1. The van der Waals surface area contributed by atoms with E-state index in [0.29, 0.717) is 48.8 Å². The van der Waals surface area contributed by atoms with Crippen LogP contribution in [0.5, 0.6) is 11.5 Å². The van der Waals surface area contributed by atoms with Gasteiger partial charge in [-0.2, -0.15) is 5.10 Å². The molecule has 2 aliphatic rings. The Bertz CT molecular complexity index is 1410. The Morgan fingerprint density at radius 3 is 2.71 bits per heavy atom. The van der Waals surface area contributed by atoms with E-state index in [1.165, 1.54) is 13.2 Å². The number of aromatic nitrogens is 2. The maximum absolute atomic E-state index is 12.1.